The number of benzene rings is 1. The van der Waals surface area contributed by atoms with E-state index < -0.39 is 5.51 Å². The van der Waals surface area contributed by atoms with Gasteiger partial charge in [0.05, 0.1) is 10.7 Å². The van der Waals surface area contributed by atoms with Crippen LogP contribution in [0, 0.1) is 3.57 Å². The third kappa shape index (κ3) is 5.49. The average Bonchev–Trinajstić information content (AvgIpc) is 2.13. The fourth-order valence-electron chi connectivity index (χ4n) is 0.985. The lowest BCUT2D eigenvalue weighted by molar-refractivity contribution is -0.0327. The third-order valence-electron chi connectivity index (χ3n) is 1.61. The number of rotatable bonds is 4. The molecule has 1 N–H and O–H groups in total. The Morgan fingerprint density at radius 1 is 1.38 bits per heavy atom. The highest BCUT2D eigenvalue weighted by atomic mass is 127. The van der Waals surface area contributed by atoms with Gasteiger partial charge in [-0.1, -0.05) is 11.6 Å². The molecule has 0 fully saturated rings. The third-order valence-corrected chi connectivity index (χ3v) is 3.33. The molecular formula is C9H8ClF3INS. The molecule has 1 nitrogen and oxygen atoms in total. The van der Waals surface area contributed by atoms with Gasteiger partial charge in [-0.15, -0.1) is 0 Å². The van der Waals surface area contributed by atoms with Gasteiger partial charge < -0.3 is 5.32 Å². The highest BCUT2D eigenvalue weighted by Crippen LogP contribution is 2.30. The summed E-state index contributed by atoms with van der Waals surface area (Å²) in [5.74, 6) is -0.0359. The molecule has 0 radical (unpaired) electrons. The Kier molecular flexibility index (Phi) is 5.52. The second kappa shape index (κ2) is 6.20. The van der Waals surface area contributed by atoms with E-state index in [2.05, 4.69) is 27.9 Å². The Hall–Kier alpha value is 0.180. The summed E-state index contributed by atoms with van der Waals surface area (Å²) in [5.41, 5.74) is -3.51. The Bertz CT molecular complexity index is 359. The molecule has 16 heavy (non-hydrogen) atoms. The number of halogens is 5. The van der Waals surface area contributed by atoms with Gasteiger partial charge in [-0.3, -0.25) is 0 Å². The summed E-state index contributed by atoms with van der Waals surface area (Å²) in [7, 11) is 0. The Balaban J connectivity index is 2.38. The molecule has 0 unspecified atom stereocenters. The maximum atomic E-state index is 11.8. The first-order chi connectivity index (χ1) is 7.38. The predicted molar refractivity (Wildman–Crippen MR) is 71.2 cm³/mol. The first-order valence-electron chi connectivity index (χ1n) is 4.28. The molecule has 0 atom stereocenters. The lowest BCUT2D eigenvalue weighted by Gasteiger charge is -2.09. The van der Waals surface area contributed by atoms with E-state index in [0.29, 0.717) is 10.7 Å². The van der Waals surface area contributed by atoms with E-state index in [9.17, 15) is 13.2 Å². The van der Waals surface area contributed by atoms with E-state index in [1.165, 1.54) is 0 Å². The highest BCUT2D eigenvalue weighted by molar-refractivity contribution is 14.1. The lowest BCUT2D eigenvalue weighted by atomic mass is 10.3. The maximum absolute atomic E-state index is 11.8. The van der Waals surface area contributed by atoms with Crippen molar-refractivity contribution in [3.05, 3.63) is 26.8 Å². The van der Waals surface area contributed by atoms with Crippen molar-refractivity contribution in [3.63, 3.8) is 0 Å². The van der Waals surface area contributed by atoms with Gasteiger partial charge in [0.15, 0.2) is 0 Å². The summed E-state index contributed by atoms with van der Waals surface area (Å²) in [6.45, 7) is 0.227. The van der Waals surface area contributed by atoms with Crippen LogP contribution in [0.15, 0.2) is 18.2 Å². The van der Waals surface area contributed by atoms with Crippen LogP contribution in [0.5, 0.6) is 0 Å². The van der Waals surface area contributed by atoms with Crippen molar-refractivity contribution in [2.24, 2.45) is 0 Å². The molecule has 0 heterocycles. The summed E-state index contributed by atoms with van der Waals surface area (Å²) in [6, 6.07) is 5.34. The van der Waals surface area contributed by atoms with Crippen molar-refractivity contribution in [2.45, 2.75) is 5.51 Å². The molecule has 0 amide bonds. The second-order valence-corrected chi connectivity index (χ2v) is 5.66. The topological polar surface area (TPSA) is 12.0 Å². The molecule has 7 heteroatoms. The Labute approximate surface area is 114 Å². The molecule has 90 valence electrons. The van der Waals surface area contributed by atoms with Crippen LogP contribution in [0.4, 0.5) is 18.9 Å². The molecule has 0 aromatic heterocycles. The monoisotopic (exact) mass is 381 g/mol. The van der Waals surface area contributed by atoms with E-state index in [1.54, 1.807) is 12.1 Å². The molecule has 1 aromatic carbocycles. The van der Waals surface area contributed by atoms with Gasteiger partial charge in [0.1, 0.15) is 0 Å². The number of anilines is 1. The van der Waals surface area contributed by atoms with E-state index in [0.717, 1.165) is 3.57 Å². The van der Waals surface area contributed by atoms with Crippen LogP contribution in [0.3, 0.4) is 0 Å². The molecule has 0 aliphatic carbocycles. The van der Waals surface area contributed by atoms with Gasteiger partial charge in [0.2, 0.25) is 0 Å². The van der Waals surface area contributed by atoms with Crippen molar-refractivity contribution >= 4 is 51.6 Å². The molecule has 0 bridgehead atoms. The average molecular weight is 382 g/mol. The standard InChI is InChI=1S/C9H8ClF3INS/c10-7-5-6(14)1-2-8(7)15-3-4-16-9(11,12)13/h1-2,5,15H,3-4H2. The number of hydrogen-bond acceptors (Lipinski definition) is 2. The van der Waals surface area contributed by atoms with Gasteiger partial charge in [-0.2, -0.15) is 13.2 Å². The minimum Gasteiger partial charge on any atom is -0.383 e. The van der Waals surface area contributed by atoms with Crippen molar-refractivity contribution in [2.75, 3.05) is 17.6 Å². The molecule has 1 rings (SSSR count). The summed E-state index contributed by atoms with van der Waals surface area (Å²) < 4.78 is 36.4. The van der Waals surface area contributed by atoms with E-state index in [4.69, 9.17) is 11.6 Å². The number of alkyl halides is 3. The maximum Gasteiger partial charge on any atom is 0.441 e. The summed E-state index contributed by atoms with van der Waals surface area (Å²) in [5, 5.41) is 3.37. The van der Waals surface area contributed by atoms with Crippen molar-refractivity contribution in [3.8, 4) is 0 Å². The number of thioether (sulfide) groups is 1. The summed E-state index contributed by atoms with van der Waals surface area (Å²) >= 11 is 7.97. The quantitative estimate of drug-likeness (QED) is 0.604. The molecule has 0 aliphatic rings. The smallest absolute Gasteiger partial charge is 0.383 e. The molecular weight excluding hydrogens is 374 g/mol. The highest BCUT2D eigenvalue weighted by Gasteiger charge is 2.27. The zero-order valence-electron chi connectivity index (χ0n) is 7.94. The normalized spacial score (nSPS) is 11.6. The lowest BCUT2D eigenvalue weighted by Crippen LogP contribution is -2.09. The summed E-state index contributed by atoms with van der Waals surface area (Å²) in [4.78, 5) is 0. The van der Waals surface area contributed by atoms with Crippen molar-refractivity contribution in [1.82, 2.24) is 0 Å². The fourth-order valence-corrected chi connectivity index (χ4v) is 2.34. The predicted octanol–water partition coefficient (Wildman–Crippen LogP) is 4.61. The SMILES string of the molecule is FC(F)(F)SCCNc1ccc(I)cc1Cl. The Morgan fingerprint density at radius 3 is 2.62 bits per heavy atom. The van der Waals surface area contributed by atoms with Crippen molar-refractivity contribution < 1.29 is 13.2 Å². The van der Waals surface area contributed by atoms with E-state index in [-0.39, 0.29) is 24.1 Å². The second-order valence-electron chi connectivity index (χ2n) is 2.85. The first-order valence-corrected chi connectivity index (χ1v) is 6.72. The van der Waals surface area contributed by atoms with Gasteiger partial charge >= 0.3 is 5.51 Å². The van der Waals surface area contributed by atoms with Crippen LogP contribution < -0.4 is 5.32 Å². The van der Waals surface area contributed by atoms with Crippen LogP contribution in [0.1, 0.15) is 0 Å². The van der Waals surface area contributed by atoms with Crippen LogP contribution in [0.25, 0.3) is 0 Å². The molecule has 0 saturated carbocycles. The molecule has 0 spiro atoms. The van der Waals surface area contributed by atoms with Gasteiger partial charge in [0.25, 0.3) is 0 Å². The first kappa shape index (κ1) is 14.2. The van der Waals surface area contributed by atoms with E-state index >= 15 is 0 Å². The minimum atomic E-state index is -4.17. The van der Waals surface area contributed by atoms with Gasteiger partial charge in [-0.05, 0) is 52.6 Å². The molecule has 0 saturated heterocycles. The Morgan fingerprint density at radius 2 is 2.06 bits per heavy atom. The zero-order chi connectivity index (χ0) is 12.2. The minimum absolute atomic E-state index is 0.0359. The zero-order valence-corrected chi connectivity index (χ0v) is 11.7. The molecule has 0 aliphatic heterocycles. The van der Waals surface area contributed by atoms with E-state index in [1.807, 2.05) is 6.07 Å². The largest absolute Gasteiger partial charge is 0.441 e. The number of hydrogen-bond donors (Lipinski definition) is 1. The van der Waals surface area contributed by atoms with Gasteiger partial charge in [0, 0.05) is 15.9 Å². The van der Waals surface area contributed by atoms with Crippen molar-refractivity contribution in [1.29, 1.82) is 0 Å². The van der Waals surface area contributed by atoms with Gasteiger partial charge in [-0.25, -0.2) is 0 Å². The van der Waals surface area contributed by atoms with Crippen LogP contribution in [-0.2, 0) is 0 Å². The van der Waals surface area contributed by atoms with Crippen LogP contribution >= 0.6 is 46.0 Å². The van der Waals surface area contributed by atoms with Crippen LogP contribution in [-0.4, -0.2) is 17.8 Å². The number of nitrogens with one attached hydrogen (secondary N) is 1. The fraction of sp³-hybridized carbons (Fsp3) is 0.333. The summed E-state index contributed by atoms with van der Waals surface area (Å²) in [6.07, 6.45) is 0. The molecule has 1 aromatic rings. The van der Waals surface area contributed by atoms with Crippen LogP contribution in [0.2, 0.25) is 5.02 Å².